The molecule has 0 bridgehead atoms. The van der Waals surface area contributed by atoms with Crippen molar-refractivity contribution in [3.05, 3.63) is 83.9 Å². The Bertz CT molecular complexity index is 1310. The third kappa shape index (κ3) is 4.24. The van der Waals surface area contributed by atoms with E-state index in [4.69, 9.17) is 0 Å². The minimum Gasteiger partial charge on any atom is -0.369 e. The van der Waals surface area contributed by atoms with Crippen molar-refractivity contribution in [2.45, 2.75) is 13.0 Å². The number of amides is 1. The van der Waals surface area contributed by atoms with Crippen LogP contribution >= 0.6 is 0 Å². The second kappa shape index (κ2) is 9.23. The van der Waals surface area contributed by atoms with Gasteiger partial charge in [-0.15, -0.1) is 0 Å². The van der Waals surface area contributed by atoms with Gasteiger partial charge in [0, 0.05) is 49.2 Å². The lowest BCUT2D eigenvalue weighted by molar-refractivity contribution is 0.0941. The van der Waals surface area contributed by atoms with E-state index in [0.29, 0.717) is 11.2 Å². The highest BCUT2D eigenvalue weighted by atomic mass is 19.1. The van der Waals surface area contributed by atoms with E-state index in [1.165, 1.54) is 18.3 Å². The fourth-order valence-electron chi connectivity index (χ4n) is 4.44. The van der Waals surface area contributed by atoms with E-state index in [-0.39, 0.29) is 11.7 Å². The van der Waals surface area contributed by atoms with Crippen LogP contribution in [-0.2, 0) is 0 Å². The smallest absolute Gasteiger partial charge is 0.257 e. The molecule has 1 saturated heterocycles. The number of halogens is 1. The fourth-order valence-corrected chi connectivity index (χ4v) is 4.44. The molecule has 2 aromatic carbocycles. The van der Waals surface area contributed by atoms with Crippen LogP contribution in [0.5, 0.6) is 0 Å². The monoisotopic (exact) mass is 458 g/mol. The van der Waals surface area contributed by atoms with Crippen molar-refractivity contribution in [2.75, 3.05) is 38.1 Å². The number of piperazine rings is 1. The summed E-state index contributed by atoms with van der Waals surface area (Å²) >= 11 is 0. The molecular formula is C26H27FN6O. The summed E-state index contributed by atoms with van der Waals surface area (Å²) in [7, 11) is 2.10. The molecule has 4 aromatic rings. The maximum Gasteiger partial charge on any atom is 0.257 e. The van der Waals surface area contributed by atoms with Gasteiger partial charge in [-0.1, -0.05) is 30.3 Å². The molecule has 7 nitrogen and oxygen atoms in total. The van der Waals surface area contributed by atoms with Crippen molar-refractivity contribution in [3.63, 3.8) is 0 Å². The number of benzene rings is 2. The molecule has 1 atom stereocenters. The molecule has 1 amide bonds. The number of nitrogens with one attached hydrogen (secondary N) is 1. The van der Waals surface area contributed by atoms with Gasteiger partial charge in [-0.25, -0.2) is 13.9 Å². The summed E-state index contributed by atoms with van der Waals surface area (Å²) in [5, 5.41) is 7.46. The number of anilines is 1. The normalized spacial score (nSPS) is 15.4. The molecule has 0 aliphatic carbocycles. The van der Waals surface area contributed by atoms with Crippen molar-refractivity contribution in [1.29, 1.82) is 0 Å². The maximum absolute atomic E-state index is 14.2. The third-order valence-electron chi connectivity index (χ3n) is 6.36. The number of rotatable bonds is 5. The van der Waals surface area contributed by atoms with Gasteiger partial charge in [0.1, 0.15) is 11.4 Å². The van der Waals surface area contributed by atoms with Gasteiger partial charge in [-0.3, -0.25) is 4.79 Å². The van der Waals surface area contributed by atoms with Gasteiger partial charge in [0.05, 0.1) is 17.9 Å². The Kier molecular flexibility index (Phi) is 5.98. The summed E-state index contributed by atoms with van der Waals surface area (Å²) in [6.45, 7) is 5.47. The van der Waals surface area contributed by atoms with Crippen LogP contribution in [0, 0.1) is 5.82 Å². The van der Waals surface area contributed by atoms with Gasteiger partial charge in [-0.05, 0) is 38.2 Å². The van der Waals surface area contributed by atoms with Crippen LogP contribution in [0.25, 0.3) is 16.9 Å². The number of hydrogen-bond donors (Lipinski definition) is 1. The van der Waals surface area contributed by atoms with Gasteiger partial charge >= 0.3 is 0 Å². The second-order valence-electron chi connectivity index (χ2n) is 8.68. The minimum atomic E-state index is -0.398. The maximum atomic E-state index is 14.2. The number of likely N-dealkylation sites (N-methyl/N-ethyl adjacent to an activating group) is 1. The molecule has 1 aliphatic heterocycles. The molecule has 1 N–H and O–H groups in total. The Hall–Kier alpha value is -3.78. The van der Waals surface area contributed by atoms with Crippen LogP contribution in [-0.4, -0.2) is 58.6 Å². The Morgan fingerprint density at radius 1 is 1.06 bits per heavy atom. The number of nitrogens with zero attached hydrogens (tertiary/aromatic N) is 5. The lowest BCUT2D eigenvalue weighted by Gasteiger charge is -2.36. The zero-order chi connectivity index (χ0) is 23.7. The summed E-state index contributed by atoms with van der Waals surface area (Å²) in [6.07, 6.45) is 3.21. The molecule has 2 aromatic heterocycles. The van der Waals surface area contributed by atoms with Crippen molar-refractivity contribution < 1.29 is 9.18 Å². The number of hydrogen-bond acceptors (Lipinski definition) is 5. The third-order valence-corrected chi connectivity index (χ3v) is 6.36. The van der Waals surface area contributed by atoms with Crippen molar-refractivity contribution in [3.8, 4) is 11.3 Å². The molecule has 3 heterocycles. The van der Waals surface area contributed by atoms with E-state index in [2.05, 4.69) is 32.2 Å². The van der Waals surface area contributed by atoms with E-state index in [9.17, 15) is 9.18 Å². The van der Waals surface area contributed by atoms with E-state index < -0.39 is 6.04 Å². The molecule has 0 saturated carbocycles. The number of carbonyl (C=O) groups excluding carboxylic acids is 1. The molecular weight excluding hydrogens is 431 g/mol. The highest BCUT2D eigenvalue weighted by Gasteiger charge is 2.23. The van der Waals surface area contributed by atoms with E-state index in [1.54, 1.807) is 10.7 Å². The molecule has 0 spiro atoms. The first kappa shape index (κ1) is 22.0. The zero-order valence-corrected chi connectivity index (χ0v) is 19.3. The average molecular weight is 459 g/mol. The number of aromatic nitrogens is 3. The lowest BCUT2D eigenvalue weighted by Crippen LogP contribution is -2.45. The quantitative estimate of drug-likeness (QED) is 0.493. The fraction of sp³-hybridized carbons (Fsp3) is 0.269. The predicted octanol–water partition coefficient (Wildman–Crippen LogP) is 3.78. The molecule has 8 heteroatoms. The lowest BCUT2D eigenvalue weighted by atomic mass is 10.0. The molecule has 1 unspecified atom stereocenters. The molecule has 5 rings (SSSR count). The molecule has 34 heavy (non-hydrogen) atoms. The van der Waals surface area contributed by atoms with Crippen molar-refractivity contribution in [1.82, 2.24) is 24.8 Å². The highest BCUT2D eigenvalue weighted by molar-refractivity contribution is 6.00. The predicted molar refractivity (Wildman–Crippen MR) is 130 cm³/mol. The van der Waals surface area contributed by atoms with Crippen LogP contribution < -0.4 is 10.2 Å². The van der Waals surface area contributed by atoms with Gasteiger partial charge < -0.3 is 15.1 Å². The Morgan fingerprint density at radius 3 is 2.59 bits per heavy atom. The van der Waals surface area contributed by atoms with Crippen LogP contribution in [0.2, 0.25) is 0 Å². The van der Waals surface area contributed by atoms with Crippen molar-refractivity contribution >= 4 is 17.2 Å². The summed E-state index contributed by atoms with van der Waals surface area (Å²) in [5.74, 6) is -0.618. The van der Waals surface area contributed by atoms with Crippen molar-refractivity contribution in [2.24, 2.45) is 0 Å². The largest absolute Gasteiger partial charge is 0.369 e. The van der Waals surface area contributed by atoms with Gasteiger partial charge in [-0.2, -0.15) is 5.10 Å². The minimum absolute atomic E-state index is 0.297. The van der Waals surface area contributed by atoms with Crippen LogP contribution in [0.3, 0.4) is 0 Å². The number of carbonyl (C=O) groups is 1. The summed E-state index contributed by atoms with van der Waals surface area (Å²) in [6, 6.07) is 16.1. The molecule has 174 valence electrons. The molecule has 0 radical (unpaired) electrons. The van der Waals surface area contributed by atoms with E-state index in [1.807, 2.05) is 49.4 Å². The standard InChI is InChI=1S/C26H27FN6O/c1-18(21-16-20(27)8-9-24(21)32-14-12-31(2)13-15-32)30-26(34)22-17-29-33-23(10-11-28-25(22)33)19-6-4-3-5-7-19/h3-11,16-18H,12-15H2,1-2H3,(H,30,34). The van der Waals surface area contributed by atoms with Gasteiger partial charge in [0.2, 0.25) is 0 Å². The van der Waals surface area contributed by atoms with Crippen LogP contribution in [0.4, 0.5) is 10.1 Å². The van der Waals surface area contributed by atoms with Gasteiger partial charge in [0.25, 0.3) is 5.91 Å². The van der Waals surface area contributed by atoms with Crippen LogP contribution in [0.15, 0.2) is 67.0 Å². The number of fused-ring (bicyclic) bond motifs is 1. The topological polar surface area (TPSA) is 65.8 Å². The highest BCUT2D eigenvalue weighted by Crippen LogP contribution is 2.29. The zero-order valence-electron chi connectivity index (χ0n) is 19.3. The second-order valence-corrected chi connectivity index (χ2v) is 8.68. The Labute approximate surface area is 197 Å². The van der Waals surface area contributed by atoms with E-state index in [0.717, 1.165) is 48.7 Å². The molecule has 1 fully saturated rings. The first-order valence-corrected chi connectivity index (χ1v) is 11.4. The van der Waals surface area contributed by atoms with Gasteiger partial charge in [0.15, 0.2) is 5.65 Å². The first-order valence-electron chi connectivity index (χ1n) is 11.4. The summed E-state index contributed by atoms with van der Waals surface area (Å²) in [4.78, 5) is 22.2. The Balaban J connectivity index is 1.42. The first-order chi connectivity index (χ1) is 16.5. The summed E-state index contributed by atoms with van der Waals surface area (Å²) < 4.78 is 15.9. The van der Waals surface area contributed by atoms with E-state index >= 15 is 0 Å². The van der Waals surface area contributed by atoms with Crippen LogP contribution in [0.1, 0.15) is 28.9 Å². The SMILES string of the molecule is CC(NC(=O)c1cnn2c(-c3ccccc3)ccnc12)c1cc(F)ccc1N1CCN(C)CC1. The average Bonchev–Trinajstić information content (AvgIpc) is 3.30. The summed E-state index contributed by atoms with van der Waals surface area (Å²) in [5.41, 5.74) is 4.39. The molecule has 1 aliphatic rings. The Morgan fingerprint density at radius 2 is 1.82 bits per heavy atom.